The van der Waals surface area contributed by atoms with Crippen molar-refractivity contribution in [3.05, 3.63) is 23.3 Å². The third-order valence-corrected chi connectivity index (χ3v) is 2.12. The number of benzene rings is 1. The molecule has 0 aliphatic carbocycles. The topological polar surface area (TPSA) is 44.5 Å². The Kier molecular flexibility index (Phi) is 3.06. The fraction of sp³-hybridized carbons (Fsp3) is 0.500. The number of ether oxygens (including phenoxy) is 2. The van der Waals surface area contributed by atoms with Crippen LogP contribution in [0, 0.1) is 6.92 Å². The first-order chi connectivity index (χ1) is 9.37. The zero-order chi connectivity index (χ0) is 16.4. The van der Waals surface area contributed by atoms with Gasteiger partial charge in [-0.3, -0.25) is 0 Å². The molecule has 1 aromatic carbocycles. The van der Waals surface area contributed by atoms with Gasteiger partial charge in [0.15, 0.2) is 0 Å². The fourth-order valence-corrected chi connectivity index (χ4v) is 1.42. The lowest BCUT2D eigenvalue weighted by molar-refractivity contribution is 0.395. The van der Waals surface area contributed by atoms with Crippen molar-refractivity contribution in [2.24, 2.45) is 5.73 Å². The molecule has 0 saturated heterocycles. The van der Waals surface area contributed by atoms with Gasteiger partial charge in [-0.25, -0.2) is 0 Å². The van der Waals surface area contributed by atoms with Crippen molar-refractivity contribution < 1.29 is 17.7 Å². The Morgan fingerprint density at radius 2 is 1.94 bits per heavy atom. The maximum Gasteiger partial charge on any atom is 0.122 e. The highest BCUT2D eigenvalue weighted by Gasteiger charge is 2.09. The van der Waals surface area contributed by atoms with Crippen molar-refractivity contribution >= 4 is 12.4 Å². The van der Waals surface area contributed by atoms with Crippen LogP contribution in [-0.2, 0) is 6.42 Å². The third kappa shape index (κ3) is 3.58. The zero-order valence-corrected chi connectivity index (χ0v) is 10.1. The van der Waals surface area contributed by atoms with Crippen LogP contribution in [0.4, 0.5) is 0 Å². The molecule has 1 aromatic rings. The van der Waals surface area contributed by atoms with Gasteiger partial charge in [-0.2, -0.15) is 0 Å². The number of methoxy groups -OCH3 is 2. The summed E-state index contributed by atoms with van der Waals surface area (Å²) < 4.78 is 52.8. The normalized spacial score (nSPS) is 18.7. The van der Waals surface area contributed by atoms with Crippen molar-refractivity contribution in [2.45, 2.75) is 26.3 Å². The largest absolute Gasteiger partial charge is 0.496 e. The zero-order valence-electron chi connectivity index (χ0n) is 15.2. The second-order valence-corrected chi connectivity index (χ2v) is 3.61. The molecule has 2 N–H and O–H groups in total. The minimum absolute atomic E-state index is 0. The lowest BCUT2D eigenvalue weighted by Crippen LogP contribution is -2.18. The molecule has 4 heteroatoms. The summed E-state index contributed by atoms with van der Waals surface area (Å²) >= 11 is 0. The van der Waals surface area contributed by atoms with E-state index in [9.17, 15) is 0 Å². The van der Waals surface area contributed by atoms with Crippen LogP contribution in [0.5, 0.6) is 11.5 Å². The molecular formula is C12H20ClNO2. The molecule has 16 heavy (non-hydrogen) atoms. The summed E-state index contributed by atoms with van der Waals surface area (Å²) in [5.74, 6) is 0.311. The summed E-state index contributed by atoms with van der Waals surface area (Å²) in [5.41, 5.74) is 6.69. The highest BCUT2D eigenvalue weighted by molar-refractivity contribution is 5.85. The molecule has 0 fully saturated rings. The smallest absolute Gasteiger partial charge is 0.122 e. The van der Waals surface area contributed by atoms with E-state index in [1.54, 1.807) is 13.8 Å². The first kappa shape index (κ1) is 7.41. The Labute approximate surface area is 112 Å². The molecule has 1 atom stereocenters. The van der Waals surface area contributed by atoms with Gasteiger partial charge in [0, 0.05) is 6.04 Å². The summed E-state index contributed by atoms with van der Waals surface area (Å²) in [6, 6.07) is 2.67. The van der Waals surface area contributed by atoms with Gasteiger partial charge in [0.2, 0.25) is 0 Å². The van der Waals surface area contributed by atoms with Crippen molar-refractivity contribution in [3.63, 3.8) is 0 Å². The molecule has 0 bridgehead atoms. The molecule has 92 valence electrons. The van der Waals surface area contributed by atoms with Gasteiger partial charge < -0.3 is 15.2 Å². The molecule has 0 heterocycles. The van der Waals surface area contributed by atoms with Gasteiger partial charge in [-0.1, -0.05) is 0 Å². The quantitative estimate of drug-likeness (QED) is 0.893. The lowest BCUT2D eigenvalue weighted by atomic mass is 10.0. The predicted octanol–water partition coefficient (Wildman–Crippen LogP) is 2.32. The summed E-state index contributed by atoms with van der Waals surface area (Å²) in [5, 5.41) is 0. The van der Waals surface area contributed by atoms with E-state index in [0.29, 0.717) is 17.5 Å². The average Bonchev–Trinajstić information content (AvgIpc) is 2.19. The molecule has 1 unspecified atom stereocenters. The molecule has 0 aromatic heterocycles. The van der Waals surface area contributed by atoms with Gasteiger partial charge in [-0.15, -0.1) is 12.4 Å². The Balaban J connectivity index is 0.00000441. The standard InChI is InChI=1S/C12H19NO2.ClH/c1-8-5-12(15-4)10(6-9(2)13)7-11(8)14-3;/h5,7,9H,6,13H2,1-4H3;1H/i3D3,4D3;. The van der Waals surface area contributed by atoms with E-state index in [-0.39, 0.29) is 29.9 Å². The van der Waals surface area contributed by atoms with Crippen LogP contribution in [0.2, 0.25) is 0 Å². The van der Waals surface area contributed by atoms with Crippen LogP contribution in [-0.4, -0.2) is 20.1 Å². The monoisotopic (exact) mass is 251 g/mol. The molecule has 0 aliphatic heterocycles. The van der Waals surface area contributed by atoms with E-state index in [4.69, 9.17) is 23.4 Å². The fourth-order valence-electron chi connectivity index (χ4n) is 1.42. The number of hydrogen-bond acceptors (Lipinski definition) is 3. The summed E-state index contributed by atoms with van der Waals surface area (Å²) in [7, 11) is -5.17. The van der Waals surface area contributed by atoms with E-state index >= 15 is 0 Å². The van der Waals surface area contributed by atoms with Gasteiger partial charge in [0.1, 0.15) is 11.5 Å². The minimum Gasteiger partial charge on any atom is -0.496 e. The Morgan fingerprint density at radius 3 is 2.50 bits per heavy atom. The number of hydrogen-bond donors (Lipinski definition) is 1. The van der Waals surface area contributed by atoms with Crippen LogP contribution >= 0.6 is 12.4 Å². The van der Waals surface area contributed by atoms with Crippen molar-refractivity contribution in [1.82, 2.24) is 0 Å². The number of rotatable bonds is 4. The second-order valence-electron chi connectivity index (χ2n) is 3.61. The average molecular weight is 252 g/mol. The van der Waals surface area contributed by atoms with E-state index in [1.807, 2.05) is 0 Å². The van der Waals surface area contributed by atoms with Gasteiger partial charge in [0.25, 0.3) is 0 Å². The lowest BCUT2D eigenvalue weighted by Gasteiger charge is -2.14. The molecule has 0 saturated carbocycles. The number of aryl methyl sites for hydroxylation is 1. The second kappa shape index (κ2) is 6.61. The van der Waals surface area contributed by atoms with E-state index in [1.165, 1.54) is 12.1 Å². The third-order valence-electron chi connectivity index (χ3n) is 2.12. The van der Waals surface area contributed by atoms with Crippen LogP contribution in [0.1, 0.15) is 26.3 Å². The maximum absolute atomic E-state index is 7.18. The summed E-state index contributed by atoms with van der Waals surface area (Å²) in [4.78, 5) is 0. The van der Waals surface area contributed by atoms with Gasteiger partial charge in [-0.05, 0) is 43.5 Å². The number of halogens is 1. The molecule has 0 spiro atoms. The van der Waals surface area contributed by atoms with Crippen LogP contribution in [0.15, 0.2) is 12.1 Å². The highest BCUT2D eigenvalue weighted by atomic mass is 35.5. The number of nitrogens with two attached hydrogens (primary N) is 1. The van der Waals surface area contributed by atoms with Crippen LogP contribution in [0.25, 0.3) is 0 Å². The van der Waals surface area contributed by atoms with E-state index in [2.05, 4.69) is 0 Å². The van der Waals surface area contributed by atoms with Crippen molar-refractivity contribution in [2.75, 3.05) is 14.1 Å². The van der Waals surface area contributed by atoms with Gasteiger partial charge in [0.05, 0.1) is 22.3 Å². The van der Waals surface area contributed by atoms with E-state index in [0.717, 1.165) is 0 Å². The molecule has 0 aliphatic rings. The molecule has 3 nitrogen and oxygen atoms in total. The minimum atomic E-state index is -2.59. The molecule has 1 rings (SSSR count). The first-order valence-electron chi connectivity index (χ1n) is 7.64. The maximum atomic E-state index is 7.18. The predicted molar refractivity (Wildman–Crippen MR) is 68.9 cm³/mol. The summed E-state index contributed by atoms with van der Waals surface area (Å²) in [6.07, 6.45) is 0.336. The Bertz CT molecular complexity index is 502. The molecule has 0 radical (unpaired) electrons. The van der Waals surface area contributed by atoms with Crippen LogP contribution < -0.4 is 15.2 Å². The Hall–Kier alpha value is -0.930. The molecular weight excluding hydrogens is 226 g/mol. The van der Waals surface area contributed by atoms with Crippen molar-refractivity contribution in [1.29, 1.82) is 0 Å². The van der Waals surface area contributed by atoms with Crippen LogP contribution in [0.3, 0.4) is 0 Å². The highest BCUT2D eigenvalue weighted by Crippen LogP contribution is 2.28. The SMILES string of the molecule is Cl.[2H]C([2H])([2H])Oc1cc(CC(C)N)c(OC([2H])([2H])[2H])cc1C. The first-order valence-corrected chi connectivity index (χ1v) is 4.64. The summed E-state index contributed by atoms with van der Waals surface area (Å²) in [6.45, 7) is 3.37. The van der Waals surface area contributed by atoms with Crippen molar-refractivity contribution in [3.8, 4) is 11.5 Å². The molecule has 0 amide bonds. The Morgan fingerprint density at radius 1 is 1.31 bits per heavy atom. The van der Waals surface area contributed by atoms with E-state index < -0.39 is 14.1 Å². The van der Waals surface area contributed by atoms with Gasteiger partial charge >= 0.3 is 0 Å².